The Morgan fingerprint density at radius 3 is 1.31 bits per heavy atom. The summed E-state index contributed by atoms with van der Waals surface area (Å²) in [5.74, 6) is -1.29. The molecule has 642 valence electrons. The number of benzene rings is 4. The van der Waals surface area contributed by atoms with E-state index in [2.05, 4.69) is 19.9 Å². The van der Waals surface area contributed by atoms with Gasteiger partial charge in [0.2, 0.25) is 0 Å². The largest absolute Gasteiger partial charge is 0.497 e. The van der Waals surface area contributed by atoms with Crippen LogP contribution in [0.25, 0.3) is 0 Å². The maximum atomic E-state index is 15.4. The Kier molecular flexibility index (Phi) is 26.6. The number of hydrogen-bond donors (Lipinski definition) is 9. The van der Waals surface area contributed by atoms with Crippen LogP contribution in [-0.4, -0.2) is 184 Å². The number of rotatable bonds is 33. The third-order valence-corrected chi connectivity index (χ3v) is 24.2. The average molecular weight is 1750 g/mol. The summed E-state index contributed by atoms with van der Waals surface area (Å²) >= 11 is 0. The quantitative estimate of drug-likeness (QED) is 0.0159. The van der Waals surface area contributed by atoms with E-state index in [1.807, 2.05) is 0 Å². The van der Waals surface area contributed by atoms with Crippen LogP contribution in [0.4, 0.5) is 10.1 Å². The number of methoxy groups -OCH3 is 3. The van der Waals surface area contributed by atoms with Gasteiger partial charge in [0.1, 0.15) is 96.5 Å². The third kappa shape index (κ3) is 20.2. The van der Waals surface area contributed by atoms with Gasteiger partial charge in [-0.15, -0.1) is 0 Å². The van der Waals surface area contributed by atoms with E-state index in [0.717, 1.165) is 49.1 Å². The number of aryl methyl sites for hydroxylation is 3. The van der Waals surface area contributed by atoms with Crippen LogP contribution in [-0.2, 0) is 88.7 Å². The number of para-hydroxylation sites is 1. The number of nitrogens with one attached hydrogen (secondary N) is 4. The predicted molar refractivity (Wildman–Crippen MR) is 409 cm³/mol. The lowest BCUT2D eigenvalue weighted by Crippen LogP contribution is -2.52. The molecule has 5 saturated heterocycles. The van der Waals surface area contributed by atoms with E-state index >= 15 is 8.96 Å². The molecule has 0 amide bonds. The lowest BCUT2D eigenvalue weighted by atomic mass is 9.80. The Labute approximate surface area is 671 Å². The lowest BCUT2D eigenvalue weighted by molar-refractivity contribution is -0.275. The normalized spacial score (nSPS) is 25.5. The molecule has 8 aromatic rings. The summed E-state index contributed by atoms with van der Waals surface area (Å²) in [6.45, 7) is 0.144. The minimum atomic E-state index is -5.82. The van der Waals surface area contributed by atoms with Crippen molar-refractivity contribution in [3.8, 4) is 11.5 Å². The average Bonchev–Trinajstić information content (AvgIpc) is 1.38. The molecule has 119 heavy (non-hydrogen) atoms. The van der Waals surface area contributed by atoms with Gasteiger partial charge in [0, 0.05) is 99.8 Å². The molecule has 9 heterocycles. The van der Waals surface area contributed by atoms with Gasteiger partial charge in [0.25, 0.3) is 22.2 Å². The summed E-state index contributed by atoms with van der Waals surface area (Å²) in [5.41, 5.74) is -7.31. The first-order valence-corrected chi connectivity index (χ1v) is 42.8. The molecule has 42 nitrogen and oxygen atoms in total. The fourth-order valence-electron chi connectivity index (χ4n) is 14.7. The van der Waals surface area contributed by atoms with Crippen molar-refractivity contribution < 1.29 is 121 Å². The number of ether oxygens (including phenoxy) is 9. The van der Waals surface area contributed by atoms with Crippen LogP contribution in [0.15, 0.2) is 172 Å². The minimum absolute atomic E-state index is 0.0231. The van der Waals surface area contributed by atoms with E-state index in [9.17, 15) is 76.5 Å². The monoisotopic (exact) mass is 1750 g/mol. The highest BCUT2D eigenvalue weighted by Crippen LogP contribution is 2.56. The maximum Gasteiger partial charge on any atom is 0.472 e. The fraction of sp³-hybridized carbons (Fsp3) is 0.444. The molecule has 4 aromatic heterocycles. The predicted octanol–water partition coefficient (Wildman–Crippen LogP) is 4.05. The van der Waals surface area contributed by atoms with Gasteiger partial charge in [0.15, 0.2) is 12.0 Å². The van der Waals surface area contributed by atoms with Crippen LogP contribution in [0.3, 0.4) is 0 Å². The smallest absolute Gasteiger partial charge is 0.472 e. The van der Waals surface area contributed by atoms with E-state index < -0.39 is 219 Å². The number of aromatic amines is 4. The van der Waals surface area contributed by atoms with Crippen molar-refractivity contribution in [2.24, 2.45) is 0 Å². The molecule has 0 radical (unpaired) electrons. The van der Waals surface area contributed by atoms with Crippen LogP contribution in [0, 0.1) is 26.6 Å². The van der Waals surface area contributed by atoms with Gasteiger partial charge in [-0.1, -0.05) is 66.7 Å². The number of anilines is 1. The molecule has 4 aromatic carbocycles. The van der Waals surface area contributed by atoms with Crippen LogP contribution >= 0.6 is 31.3 Å². The van der Waals surface area contributed by atoms with E-state index in [1.165, 1.54) is 54.2 Å². The van der Waals surface area contributed by atoms with Crippen molar-refractivity contribution in [1.82, 2.24) is 38.2 Å². The Morgan fingerprint density at radius 1 is 0.479 bits per heavy atom. The van der Waals surface area contributed by atoms with Crippen LogP contribution in [0.5, 0.6) is 11.5 Å². The zero-order chi connectivity index (χ0) is 85.3. The van der Waals surface area contributed by atoms with Gasteiger partial charge in [-0.25, -0.2) is 41.8 Å². The minimum Gasteiger partial charge on any atom is -0.497 e. The molecule has 0 bridgehead atoms. The summed E-state index contributed by atoms with van der Waals surface area (Å²) in [4.78, 5) is 169. The van der Waals surface area contributed by atoms with Crippen molar-refractivity contribution >= 4 is 37.0 Å². The van der Waals surface area contributed by atoms with Crippen molar-refractivity contribution in [1.29, 1.82) is 0 Å². The van der Waals surface area contributed by atoms with Crippen LogP contribution in [0.1, 0.15) is 90.4 Å². The standard InChI is InChI=1S/C72H84FN9O33P4/c1-40-33-80(68(88)75-63(40)84)58-30-50(112-116(91,92)93)53(107-58)37-104-117(94,95)113-51-31-59(81-34-41(2)64(85)76-69(81)89)108-54(51)38-105-118(96,97)114-52-32-60(82-35-42(3)65(86)77-70(82)90)109-55(52)39-106-119(98,99)115-61-56(36-103-72(43-12-8-7-9-13-43,44-16-20-46(100-4)21-17-44)45-18-22-47(101-5)23-19-45)110-66(79-27-24-57(83)74-67(79)87)62(61)111-71(102-6)25-28-78(29-26-71)49-15-11-10-14-48(49)73/h7-24,27,33-35,50-56,58-62,66H,25-26,28-32,36-39H2,1-6H3,(H,94,95)(H,96,97)(H,98,99)(H,74,83,87)(H,75,84,88)(H,76,85,89)(H,77,86,90)(H2,91,92,93)/t50-,51-,52-,53+,54+,55+,56+,58+,59+,60+,61+,62+,66+/m0/s1. The second kappa shape index (κ2) is 36.0. The molecule has 0 aliphatic carbocycles. The van der Waals surface area contributed by atoms with Crippen LogP contribution in [0.2, 0.25) is 0 Å². The highest BCUT2D eigenvalue weighted by molar-refractivity contribution is 7.48. The third-order valence-electron chi connectivity index (χ3n) is 20.7. The van der Waals surface area contributed by atoms with E-state index in [-0.39, 0.29) is 48.3 Å². The van der Waals surface area contributed by atoms with E-state index in [0.29, 0.717) is 28.2 Å². The van der Waals surface area contributed by atoms with Crippen molar-refractivity contribution in [2.75, 3.05) is 65.7 Å². The van der Waals surface area contributed by atoms with Crippen LogP contribution < -0.4 is 59.4 Å². The molecule has 47 heteroatoms. The first kappa shape index (κ1) is 87.9. The molecule has 5 fully saturated rings. The summed E-state index contributed by atoms with van der Waals surface area (Å²) in [5, 5.41) is 0. The second-order valence-electron chi connectivity index (χ2n) is 28.3. The molecule has 0 saturated carbocycles. The number of piperidine rings is 1. The number of halogens is 1. The highest BCUT2D eigenvalue weighted by atomic mass is 31.2. The summed E-state index contributed by atoms with van der Waals surface area (Å²) in [7, 11) is -18.1. The second-order valence-corrected chi connectivity index (χ2v) is 33.8. The number of aromatic nitrogens is 8. The van der Waals surface area contributed by atoms with Gasteiger partial charge < -0.3 is 72.0 Å². The zero-order valence-electron chi connectivity index (χ0n) is 64.1. The molecule has 3 unspecified atom stereocenters. The number of nitrogens with zero attached hydrogens (tertiary/aromatic N) is 5. The lowest BCUT2D eigenvalue weighted by Gasteiger charge is -2.44. The van der Waals surface area contributed by atoms with Crippen molar-refractivity contribution in [2.45, 2.75) is 144 Å². The molecule has 16 atom stereocenters. The number of phosphoric acid groups is 4. The van der Waals surface area contributed by atoms with Gasteiger partial charge >= 0.3 is 54.0 Å². The Bertz CT molecular complexity index is 5650. The Morgan fingerprint density at radius 2 is 0.891 bits per heavy atom. The number of phosphoric ester groups is 4. The van der Waals surface area contributed by atoms with E-state index in [4.69, 9.17) is 74.3 Å². The number of H-pyrrole nitrogens is 4. The van der Waals surface area contributed by atoms with Crippen molar-refractivity contribution in [3.63, 3.8) is 0 Å². The van der Waals surface area contributed by atoms with Crippen molar-refractivity contribution in [3.05, 3.63) is 257 Å². The summed E-state index contributed by atoms with van der Waals surface area (Å²) < 4.78 is 171. The molecule has 9 N–H and O–H groups in total. The molecule has 5 aliphatic heterocycles. The van der Waals surface area contributed by atoms with Gasteiger partial charge in [-0.2, -0.15) is 0 Å². The fourth-order valence-corrected chi connectivity index (χ4v) is 18.2. The first-order valence-electron chi connectivity index (χ1n) is 36.8. The van der Waals surface area contributed by atoms with Gasteiger partial charge in [-0.05, 0) is 73.9 Å². The SMILES string of the molecule is COc1ccc(C(OC[C@H]2O[C@@H](n3ccc(=O)[nH]c3=O)[C@H](OC3(OC)CCN(c4ccccc4F)CC3)[C@@H]2OP(=O)(O)OC[C@H]2O[C@@H](n3cc(C)c(=O)[nH]c3=O)C[C@@H]2OP(=O)(O)OC[C@H]2O[C@@H](n3cc(C)c(=O)[nH]c3=O)C[C@@H]2OP(=O)(O)OC[C@H]2O[C@@H](n3cc(C)c(=O)[nH]c3=O)C[C@@H]2OP(=O)(O)O)(c2ccccc2)c2ccc(OC)cc2)cc1. The molecule has 13 rings (SSSR count). The summed E-state index contributed by atoms with van der Waals surface area (Å²) in [6.07, 6.45) is -19.8. The highest BCUT2D eigenvalue weighted by Gasteiger charge is 2.57. The molecular formula is C72H84FN9O33P4. The number of hydrogen-bond acceptors (Lipinski definition) is 29. The molecule has 0 spiro atoms. The Balaban J connectivity index is 0.803. The molecule has 5 aliphatic rings. The van der Waals surface area contributed by atoms with E-state index in [1.54, 1.807) is 95.9 Å². The maximum absolute atomic E-state index is 15.4. The Hall–Kier alpha value is -8.91. The first-order chi connectivity index (χ1) is 56.4. The van der Waals surface area contributed by atoms with Gasteiger partial charge in [0.05, 0.1) is 46.3 Å². The topological polar surface area (TPSA) is 540 Å². The molecular weight excluding hydrogens is 1660 g/mol. The van der Waals surface area contributed by atoms with Gasteiger partial charge in [-0.3, -0.25) is 89.0 Å². The zero-order valence-corrected chi connectivity index (χ0v) is 67.6. The summed E-state index contributed by atoms with van der Waals surface area (Å²) in [6, 6.07) is 29.7.